The number of rotatable bonds is 7. The first-order valence-electron chi connectivity index (χ1n) is 10.3. The number of aromatic nitrogens is 3. The zero-order valence-electron chi connectivity index (χ0n) is 17.8. The first-order chi connectivity index (χ1) is 14.8. The van der Waals surface area contributed by atoms with E-state index in [4.69, 9.17) is 4.74 Å². The first-order valence-corrected chi connectivity index (χ1v) is 11.1. The van der Waals surface area contributed by atoms with E-state index in [0.717, 1.165) is 27.5 Å². The van der Waals surface area contributed by atoms with Gasteiger partial charge in [0.2, 0.25) is 11.8 Å². The topological polar surface area (TPSA) is 72.3 Å². The van der Waals surface area contributed by atoms with Crippen LogP contribution in [0.4, 0.5) is 15.3 Å². The number of amides is 1. The van der Waals surface area contributed by atoms with Crippen molar-refractivity contribution in [2.45, 2.75) is 39.6 Å². The smallest absolute Gasteiger partial charge is 0.246 e. The Labute approximate surface area is 184 Å². The maximum atomic E-state index is 14.6. The van der Waals surface area contributed by atoms with Crippen molar-refractivity contribution in [3.63, 3.8) is 0 Å². The maximum Gasteiger partial charge on any atom is 0.246 e. The van der Waals surface area contributed by atoms with Crippen molar-refractivity contribution in [1.82, 2.24) is 19.4 Å². The van der Waals surface area contributed by atoms with Gasteiger partial charge in [0.1, 0.15) is 5.82 Å². The third-order valence-electron chi connectivity index (χ3n) is 5.10. The number of carbonyl (C=O) groups excluding carboxylic acids is 1. The van der Waals surface area contributed by atoms with Gasteiger partial charge in [-0.05, 0) is 25.0 Å². The number of nitrogens with zero attached hydrogens (tertiary/aromatic N) is 4. The lowest BCUT2D eigenvalue weighted by molar-refractivity contribution is -0.125. The number of aryl methyl sites for hydroxylation is 1. The highest BCUT2D eigenvalue weighted by molar-refractivity contribution is 7.15. The molecule has 1 N–H and O–H groups in total. The number of pyridine rings is 1. The summed E-state index contributed by atoms with van der Waals surface area (Å²) in [7, 11) is 0. The molecule has 164 valence electrons. The summed E-state index contributed by atoms with van der Waals surface area (Å²) in [5.74, 6) is 1.07. The van der Waals surface area contributed by atoms with Crippen LogP contribution in [0.3, 0.4) is 0 Å². The Morgan fingerprint density at radius 2 is 2.29 bits per heavy atom. The van der Waals surface area contributed by atoms with Gasteiger partial charge in [0, 0.05) is 29.9 Å². The van der Waals surface area contributed by atoms with E-state index in [9.17, 15) is 9.18 Å². The summed E-state index contributed by atoms with van der Waals surface area (Å²) >= 11 is 1.53. The highest BCUT2D eigenvalue weighted by atomic mass is 32.1. The number of ether oxygens (including phenoxy) is 1. The quantitative estimate of drug-likeness (QED) is 0.551. The summed E-state index contributed by atoms with van der Waals surface area (Å²) in [6.07, 6.45) is 2.90. The molecule has 1 amide bonds. The summed E-state index contributed by atoms with van der Waals surface area (Å²) in [4.78, 5) is 23.3. The van der Waals surface area contributed by atoms with Gasteiger partial charge in [-0.25, -0.2) is 9.37 Å². The average molecular weight is 444 g/mol. The summed E-state index contributed by atoms with van der Waals surface area (Å²) in [6, 6.07) is 3.89. The molecule has 7 nitrogen and oxygen atoms in total. The van der Waals surface area contributed by atoms with E-state index in [1.54, 1.807) is 6.20 Å². The van der Waals surface area contributed by atoms with Crippen LogP contribution in [-0.2, 0) is 11.3 Å². The third-order valence-corrected chi connectivity index (χ3v) is 5.93. The van der Waals surface area contributed by atoms with E-state index in [1.807, 2.05) is 25.3 Å². The fourth-order valence-corrected chi connectivity index (χ4v) is 4.36. The van der Waals surface area contributed by atoms with Gasteiger partial charge in [0.25, 0.3) is 0 Å². The van der Waals surface area contributed by atoms with Crippen molar-refractivity contribution >= 4 is 39.1 Å². The van der Waals surface area contributed by atoms with Crippen LogP contribution in [0.25, 0.3) is 10.9 Å². The number of hydrogen-bond acceptors (Lipinski definition) is 6. The van der Waals surface area contributed by atoms with Crippen molar-refractivity contribution < 1.29 is 13.9 Å². The lowest BCUT2D eigenvalue weighted by Gasteiger charge is -2.17. The molecule has 4 heterocycles. The minimum atomic E-state index is -1.29. The highest BCUT2D eigenvalue weighted by Crippen LogP contribution is 2.32. The normalized spacial score (nSPS) is 18.7. The number of anilines is 2. The fraction of sp³-hybridized carbons (Fsp3) is 0.409. The molecular formula is C22H26FN5O2S. The van der Waals surface area contributed by atoms with Crippen molar-refractivity contribution in [3.05, 3.63) is 42.1 Å². The summed E-state index contributed by atoms with van der Waals surface area (Å²) in [5, 5.41) is 4.77. The summed E-state index contributed by atoms with van der Waals surface area (Å²) < 4.78 is 22.8. The number of nitrogens with one attached hydrogen (secondary N) is 1. The molecule has 3 aromatic rings. The monoisotopic (exact) mass is 443 g/mol. The van der Waals surface area contributed by atoms with Crippen LogP contribution in [-0.4, -0.2) is 50.7 Å². The van der Waals surface area contributed by atoms with Crippen LogP contribution in [0.2, 0.25) is 0 Å². The lowest BCUT2D eigenvalue weighted by atomic mass is 10.2. The molecule has 0 saturated carbocycles. The van der Waals surface area contributed by atoms with E-state index in [0.29, 0.717) is 17.6 Å². The Hall–Kier alpha value is -2.94. The van der Waals surface area contributed by atoms with Crippen molar-refractivity contribution in [2.24, 2.45) is 5.92 Å². The second kappa shape index (κ2) is 8.66. The molecular weight excluding hydrogens is 417 g/mol. The molecule has 1 aliphatic rings. The number of alkyl halides is 1. The van der Waals surface area contributed by atoms with E-state index < -0.39 is 12.3 Å². The van der Waals surface area contributed by atoms with Gasteiger partial charge in [-0.3, -0.25) is 4.79 Å². The zero-order chi connectivity index (χ0) is 22.1. The maximum absolute atomic E-state index is 14.6. The minimum absolute atomic E-state index is 0.0106. The molecule has 31 heavy (non-hydrogen) atoms. The van der Waals surface area contributed by atoms with Gasteiger partial charge < -0.3 is 19.5 Å². The van der Waals surface area contributed by atoms with Gasteiger partial charge in [0.05, 0.1) is 24.0 Å². The van der Waals surface area contributed by atoms with Crippen LogP contribution in [0.1, 0.15) is 18.7 Å². The van der Waals surface area contributed by atoms with Crippen molar-refractivity contribution in [3.8, 4) is 5.88 Å². The van der Waals surface area contributed by atoms with Gasteiger partial charge in [-0.1, -0.05) is 20.4 Å². The molecule has 0 radical (unpaired) electrons. The first kappa shape index (κ1) is 21.3. The average Bonchev–Trinajstić information content (AvgIpc) is 3.41. The second-order valence-corrected chi connectivity index (χ2v) is 9.36. The Kier molecular flexibility index (Phi) is 5.95. The van der Waals surface area contributed by atoms with E-state index in [-0.39, 0.29) is 19.0 Å². The van der Waals surface area contributed by atoms with Gasteiger partial charge in [-0.15, -0.1) is 11.3 Å². The van der Waals surface area contributed by atoms with Crippen LogP contribution in [0, 0.1) is 12.8 Å². The van der Waals surface area contributed by atoms with Crippen LogP contribution >= 0.6 is 11.3 Å². The number of carbonyl (C=O) groups is 1. The molecule has 1 fully saturated rings. The fourth-order valence-electron chi connectivity index (χ4n) is 3.68. The van der Waals surface area contributed by atoms with Crippen molar-refractivity contribution in [2.75, 3.05) is 18.4 Å². The van der Waals surface area contributed by atoms with E-state index in [2.05, 4.69) is 40.3 Å². The number of thiazole rings is 1. The lowest BCUT2D eigenvalue weighted by Crippen LogP contribution is -2.30. The van der Waals surface area contributed by atoms with Crippen molar-refractivity contribution in [1.29, 1.82) is 0 Å². The molecule has 1 saturated heterocycles. The van der Waals surface area contributed by atoms with Crippen LogP contribution < -0.4 is 10.1 Å². The summed E-state index contributed by atoms with van der Waals surface area (Å²) in [6.45, 7) is 10.7. The van der Waals surface area contributed by atoms with Crippen LogP contribution in [0.5, 0.6) is 5.88 Å². The molecule has 3 aromatic heterocycles. The third kappa shape index (κ3) is 4.56. The molecule has 0 unspecified atom stereocenters. The molecule has 0 bridgehead atoms. The number of fused-ring (bicyclic) bond motifs is 1. The molecule has 0 spiro atoms. The molecule has 0 aromatic carbocycles. The highest BCUT2D eigenvalue weighted by Gasteiger charge is 2.37. The predicted molar refractivity (Wildman–Crippen MR) is 121 cm³/mol. The Morgan fingerprint density at radius 1 is 1.48 bits per heavy atom. The predicted octanol–water partition coefficient (Wildman–Crippen LogP) is 4.31. The largest absolute Gasteiger partial charge is 0.469 e. The number of hydrogen-bond donors (Lipinski definition) is 1. The standard InChI is InChI=1S/C22H26FN5O2S/c1-5-20(29)28-11-16(23)18(12-28)30-21-15-6-7-27(10-13(2)3)17(15)8-19(25-21)26-22-24-9-14(4)31-22/h5-9,13,16,18H,1,10-12H2,2-4H3,(H,24,25,26)/t16-,18+/m0/s1. The number of likely N-dealkylation sites (tertiary alicyclic amines) is 1. The molecule has 4 rings (SSSR count). The Morgan fingerprint density at radius 3 is 2.97 bits per heavy atom. The Bertz CT molecular complexity index is 1110. The minimum Gasteiger partial charge on any atom is -0.469 e. The molecule has 2 atom stereocenters. The van der Waals surface area contributed by atoms with Gasteiger partial charge in [-0.2, -0.15) is 4.98 Å². The second-order valence-electron chi connectivity index (χ2n) is 8.13. The molecule has 9 heteroatoms. The zero-order valence-corrected chi connectivity index (χ0v) is 18.7. The molecule has 1 aliphatic heterocycles. The number of halogens is 1. The summed E-state index contributed by atoms with van der Waals surface area (Å²) in [5.41, 5.74) is 0.946. The SMILES string of the molecule is C=CC(=O)N1C[C@H](F)[C@H](Oc2nc(Nc3ncc(C)s3)cc3c2ccn3CC(C)C)C1. The van der Waals surface area contributed by atoms with E-state index >= 15 is 0 Å². The molecule has 0 aliphatic carbocycles. The van der Waals surface area contributed by atoms with Gasteiger partial charge in [0.15, 0.2) is 17.4 Å². The van der Waals surface area contributed by atoms with E-state index in [1.165, 1.54) is 22.3 Å². The van der Waals surface area contributed by atoms with Crippen LogP contribution in [0.15, 0.2) is 37.2 Å². The Balaban J connectivity index is 1.68. The van der Waals surface area contributed by atoms with Gasteiger partial charge >= 0.3 is 0 Å².